The lowest BCUT2D eigenvalue weighted by Crippen LogP contribution is -2.24. The maximum atomic E-state index is 12.5. The minimum Gasteiger partial charge on any atom is -0.496 e. The third-order valence-electron chi connectivity index (χ3n) is 3.95. The number of ketones is 1. The van der Waals surface area contributed by atoms with Gasteiger partial charge in [-0.3, -0.25) is 9.59 Å². The summed E-state index contributed by atoms with van der Waals surface area (Å²) < 4.78 is 31.1. The number of hydrogen-bond acceptors (Lipinski definition) is 7. The first-order valence-electron chi connectivity index (χ1n) is 8.31. The van der Waals surface area contributed by atoms with Gasteiger partial charge in [-0.1, -0.05) is 23.5 Å². The Labute approximate surface area is 166 Å². The molecule has 7 nitrogen and oxygen atoms in total. The van der Waals surface area contributed by atoms with Gasteiger partial charge in [0.1, 0.15) is 11.5 Å². The van der Waals surface area contributed by atoms with Gasteiger partial charge in [0.05, 0.1) is 23.1 Å². The van der Waals surface area contributed by atoms with E-state index in [1.165, 1.54) is 31.4 Å². The van der Waals surface area contributed by atoms with Crippen LogP contribution in [0.5, 0.6) is 5.75 Å². The van der Waals surface area contributed by atoms with Crippen LogP contribution in [0.3, 0.4) is 0 Å². The Hall–Kier alpha value is -2.78. The smallest absolute Gasteiger partial charge is 0.241 e. The number of carbonyl (C=O) groups excluding carboxylic acids is 2. The number of para-hydroxylation sites is 1. The molecular weight excluding hydrogens is 400 g/mol. The van der Waals surface area contributed by atoms with Gasteiger partial charge in [0.2, 0.25) is 5.91 Å². The Morgan fingerprint density at radius 2 is 1.93 bits per heavy atom. The molecule has 0 aliphatic heterocycles. The van der Waals surface area contributed by atoms with E-state index < -0.39 is 27.3 Å². The summed E-state index contributed by atoms with van der Waals surface area (Å²) in [5.74, 6) is -1.61. The first-order chi connectivity index (χ1) is 13.3. The second kappa shape index (κ2) is 8.07. The fourth-order valence-corrected chi connectivity index (χ4v) is 4.83. The lowest BCUT2D eigenvalue weighted by molar-refractivity contribution is -0.113. The van der Waals surface area contributed by atoms with Crippen molar-refractivity contribution in [3.8, 4) is 5.75 Å². The van der Waals surface area contributed by atoms with E-state index in [-0.39, 0.29) is 5.78 Å². The van der Waals surface area contributed by atoms with E-state index in [1.807, 2.05) is 24.3 Å². The van der Waals surface area contributed by atoms with Gasteiger partial charge in [0.15, 0.2) is 20.8 Å². The molecule has 0 bridgehead atoms. The minimum absolute atomic E-state index is 0.185. The molecule has 0 fully saturated rings. The molecule has 0 spiro atoms. The van der Waals surface area contributed by atoms with Crippen LogP contribution in [0.15, 0.2) is 42.5 Å². The Bertz CT molecular complexity index is 1120. The van der Waals surface area contributed by atoms with E-state index in [4.69, 9.17) is 4.74 Å². The number of anilines is 1. The summed E-state index contributed by atoms with van der Waals surface area (Å²) >= 11 is 1.27. The fourth-order valence-electron chi connectivity index (χ4n) is 2.68. The second-order valence-electron chi connectivity index (χ2n) is 6.15. The van der Waals surface area contributed by atoms with Crippen molar-refractivity contribution >= 4 is 48.2 Å². The van der Waals surface area contributed by atoms with Crippen LogP contribution in [-0.4, -0.2) is 38.0 Å². The van der Waals surface area contributed by atoms with Crippen LogP contribution in [0.2, 0.25) is 0 Å². The van der Waals surface area contributed by atoms with Gasteiger partial charge in [0.25, 0.3) is 0 Å². The summed E-state index contributed by atoms with van der Waals surface area (Å²) in [6, 6.07) is 12.0. The van der Waals surface area contributed by atoms with E-state index >= 15 is 0 Å². The minimum atomic E-state index is -3.79. The molecule has 9 heteroatoms. The number of hydrogen-bond donors (Lipinski definition) is 1. The average Bonchev–Trinajstić information content (AvgIpc) is 3.02. The van der Waals surface area contributed by atoms with E-state index in [9.17, 15) is 18.0 Å². The average molecular weight is 418 g/mol. The third kappa shape index (κ3) is 4.73. The molecule has 0 saturated heterocycles. The monoisotopic (exact) mass is 418 g/mol. The van der Waals surface area contributed by atoms with E-state index in [0.29, 0.717) is 22.0 Å². The van der Waals surface area contributed by atoms with Crippen molar-refractivity contribution in [2.45, 2.75) is 12.7 Å². The van der Waals surface area contributed by atoms with Gasteiger partial charge in [-0.25, -0.2) is 13.4 Å². The molecule has 2 aromatic carbocycles. The Balaban J connectivity index is 1.73. The van der Waals surface area contributed by atoms with Crippen molar-refractivity contribution < 1.29 is 22.7 Å². The highest BCUT2D eigenvalue weighted by atomic mass is 32.2. The zero-order valence-corrected chi connectivity index (χ0v) is 16.9. The van der Waals surface area contributed by atoms with Gasteiger partial charge < -0.3 is 10.1 Å². The predicted octanol–water partition coefficient (Wildman–Crippen LogP) is 3.06. The van der Waals surface area contributed by atoms with Crippen molar-refractivity contribution in [1.82, 2.24) is 4.98 Å². The van der Waals surface area contributed by atoms with E-state index in [0.717, 1.165) is 10.2 Å². The maximum absolute atomic E-state index is 12.5. The first-order valence-corrected chi connectivity index (χ1v) is 10.9. The van der Waals surface area contributed by atoms with Crippen LogP contribution < -0.4 is 10.1 Å². The second-order valence-corrected chi connectivity index (χ2v) is 9.25. The summed E-state index contributed by atoms with van der Waals surface area (Å²) in [6.45, 7) is 1.39. The van der Waals surface area contributed by atoms with Crippen LogP contribution in [-0.2, 0) is 20.4 Å². The number of fused-ring (bicyclic) bond motifs is 1. The molecule has 0 aliphatic rings. The zero-order valence-electron chi connectivity index (χ0n) is 15.3. The number of ether oxygens (including phenoxy) is 1. The summed E-state index contributed by atoms with van der Waals surface area (Å²) in [4.78, 5) is 28.0. The van der Waals surface area contributed by atoms with Crippen molar-refractivity contribution in [1.29, 1.82) is 0 Å². The van der Waals surface area contributed by atoms with Crippen molar-refractivity contribution in [3.63, 3.8) is 0 Å². The number of benzene rings is 2. The van der Waals surface area contributed by atoms with Gasteiger partial charge in [-0.05, 0) is 37.3 Å². The molecule has 146 valence electrons. The fraction of sp³-hybridized carbons (Fsp3) is 0.211. The molecular formula is C19H18N2O5S2. The highest BCUT2D eigenvalue weighted by Gasteiger charge is 2.21. The molecule has 1 heterocycles. The van der Waals surface area contributed by atoms with Crippen molar-refractivity contribution in [2.24, 2.45) is 0 Å². The summed E-state index contributed by atoms with van der Waals surface area (Å²) in [5, 5.41) is 2.88. The van der Waals surface area contributed by atoms with Crippen LogP contribution in [0.25, 0.3) is 10.2 Å². The highest BCUT2D eigenvalue weighted by molar-refractivity contribution is 7.91. The predicted molar refractivity (Wildman–Crippen MR) is 109 cm³/mol. The molecule has 28 heavy (non-hydrogen) atoms. The summed E-state index contributed by atoms with van der Waals surface area (Å²) in [7, 11) is -2.37. The Kier molecular flexibility index (Phi) is 5.76. The standard InChI is InChI=1S/C19H18N2O5S2/c1-12(22)13-7-8-16(26-2)14(9-13)10-28(24,25)11-18(23)21-19-20-15-5-3-4-6-17(15)27-19/h3-9H,10-11H2,1-2H3,(H,20,21,23). The number of thiazole rings is 1. The van der Waals surface area contributed by atoms with E-state index in [1.54, 1.807) is 12.1 Å². The zero-order chi connectivity index (χ0) is 20.3. The third-order valence-corrected chi connectivity index (χ3v) is 6.36. The summed E-state index contributed by atoms with van der Waals surface area (Å²) in [5.41, 5.74) is 1.45. The van der Waals surface area contributed by atoms with E-state index in [2.05, 4.69) is 10.3 Å². The highest BCUT2D eigenvalue weighted by Crippen LogP contribution is 2.26. The molecule has 3 rings (SSSR count). The van der Waals surface area contributed by atoms with Crippen LogP contribution in [0, 0.1) is 0 Å². The number of Topliss-reactive ketones (excluding diaryl/α,β-unsaturated/α-hetero) is 1. The van der Waals surface area contributed by atoms with Crippen molar-refractivity contribution in [2.75, 3.05) is 18.2 Å². The Morgan fingerprint density at radius 3 is 2.61 bits per heavy atom. The molecule has 0 radical (unpaired) electrons. The molecule has 3 aromatic rings. The molecule has 0 saturated carbocycles. The lowest BCUT2D eigenvalue weighted by Gasteiger charge is -2.10. The number of rotatable bonds is 7. The van der Waals surface area contributed by atoms with Crippen LogP contribution in [0.1, 0.15) is 22.8 Å². The lowest BCUT2D eigenvalue weighted by atomic mass is 10.1. The van der Waals surface area contributed by atoms with Gasteiger partial charge >= 0.3 is 0 Å². The number of amides is 1. The van der Waals surface area contributed by atoms with Gasteiger partial charge in [-0.15, -0.1) is 0 Å². The first kappa shape index (κ1) is 20.0. The van der Waals surface area contributed by atoms with Crippen LogP contribution >= 0.6 is 11.3 Å². The number of methoxy groups -OCH3 is 1. The molecule has 0 atom stereocenters. The topological polar surface area (TPSA) is 102 Å². The van der Waals surface area contributed by atoms with Crippen LogP contribution in [0.4, 0.5) is 5.13 Å². The van der Waals surface area contributed by atoms with Gasteiger partial charge in [0, 0.05) is 11.1 Å². The molecule has 1 N–H and O–H groups in total. The quantitative estimate of drug-likeness (QED) is 0.592. The number of aromatic nitrogens is 1. The molecule has 0 aliphatic carbocycles. The maximum Gasteiger partial charge on any atom is 0.241 e. The number of sulfone groups is 1. The Morgan fingerprint density at radius 1 is 1.18 bits per heavy atom. The van der Waals surface area contributed by atoms with Crippen molar-refractivity contribution in [3.05, 3.63) is 53.6 Å². The number of carbonyl (C=O) groups is 2. The molecule has 0 unspecified atom stereocenters. The normalized spacial score (nSPS) is 11.4. The SMILES string of the molecule is COc1ccc(C(C)=O)cc1CS(=O)(=O)CC(=O)Nc1nc2ccccc2s1. The van der Waals surface area contributed by atoms with Gasteiger partial charge in [-0.2, -0.15) is 0 Å². The number of nitrogens with one attached hydrogen (secondary N) is 1. The molecule has 1 aromatic heterocycles. The molecule has 1 amide bonds. The largest absolute Gasteiger partial charge is 0.496 e. The number of nitrogens with zero attached hydrogens (tertiary/aromatic N) is 1. The summed E-state index contributed by atoms with van der Waals surface area (Å²) in [6.07, 6.45) is 0.